The Labute approximate surface area is 106 Å². The molecule has 0 amide bonds. The monoisotopic (exact) mass is 258 g/mol. The number of esters is 2. The van der Waals surface area contributed by atoms with Gasteiger partial charge in [-0.3, -0.25) is 9.59 Å². The topological polar surface area (TPSA) is 89.9 Å². The van der Waals surface area contributed by atoms with Gasteiger partial charge in [-0.15, -0.1) is 0 Å². The number of hydrogen-bond donors (Lipinski definition) is 1. The summed E-state index contributed by atoms with van der Waals surface area (Å²) in [5.74, 6) is -2.82. The minimum Gasteiger partial charge on any atom is -0.481 e. The molecule has 0 saturated carbocycles. The van der Waals surface area contributed by atoms with Crippen molar-refractivity contribution in [3.8, 4) is 0 Å². The van der Waals surface area contributed by atoms with Crippen LogP contribution in [0.2, 0.25) is 0 Å². The second-order valence-corrected chi connectivity index (χ2v) is 3.68. The largest absolute Gasteiger partial charge is 0.481 e. The van der Waals surface area contributed by atoms with E-state index in [1.54, 1.807) is 0 Å². The first-order valence-electron chi connectivity index (χ1n) is 5.60. The van der Waals surface area contributed by atoms with Crippen molar-refractivity contribution >= 4 is 17.9 Å². The van der Waals surface area contributed by atoms with Gasteiger partial charge in [0.25, 0.3) is 0 Å². The molecule has 0 aliphatic rings. The van der Waals surface area contributed by atoms with Gasteiger partial charge >= 0.3 is 17.9 Å². The Morgan fingerprint density at radius 3 is 2.50 bits per heavy atom. The molecule has 6 nitrogen and oxygen atoms in total. The van der Waals surface area contributed by atoms with Gasteiger partial charge in [-0.1, -0.05) is 6.58 Å². The van der Waals surface area contributed by atoms with Gasteiger partial charge in [-0.25, -0.2) is 4.79 Å². The zero-order valence-electron chi connectivity index (χ0n) is 10.4. The fourth-order valence-electron chi connectivity index (χ4n) is 1.32. The standard InChI is InChI=1S/C12H18O6/c1-3-10(13)18-7-5-4-6-9(12(15)16)8-11(14)17-2/h3,9H,1,4-8H2,2H3,(H,15,16). The van der Waals surface area contributed by atoms with E-state index in [9.17, 15) is 14.4 Å². The number of carboxylic acids is 1. The number of hydrogen-bond acceptors (Lipinski definition) is 5. The molecule has 102 valence electrons. The van der Waals surface area contributed by atoms with Crippen LogP contribution in [-0.4, -0.2) is 36.7 Å². The summed E-state index contributed by atoms with van der Waals surface area (Å²) in [6.07, 6.45) is 2.37. The molecule has 6 heteroatoms. The Balaban J connectivity index is 3.84. The molecule has 0 aromatic carbocycles. The zero-order valence-corrected chi connectivity index (χ0v) is 10.4. The molecule has 18 heavy (non-hydrogen) atoms. The van der Waals surface area contributed by atoms with Gasteiger partial charge in [-0.2, -0.15) is 0 Å². The molecule has 0 saturated heterocycles. The van der Waals surface area contributed by atoms with E-state index in [4.69, 9.17) is 9.84 Å². The maximum Gasteiger partial charge on any atom is 0.330 e. The van der Waals surface area contributed by atoms with Crippen LogP contribution < -0.4 is 0 Å². The number of carbonyl (C=O) groups excluding carboxylic acids is 2. The molecule has 0 aliphatic heterocycles. The SMILES string of the molecule is C=CC(=O)OCCCCC(CC(=O)OC)C(=O)O. The molecular weight excluding hydrogens is 240 g/mol. The normalized spacial score (nSPS) is 11.4. The van der Waals surface area contributed by atoms with Crippen LogP contribution in [0.5, 0.6) is 0 Å². The predicted octanol–water partition coefficient (Wildman–Crippen LogP) is 1.15. The minimum atomic E-state index is -1.02. The Kier molecular flexibility index (Phi) is 8.26. The molecule has 1 unspecified atom stereocenters. The molecular formula is C12H18O6. The van der Waals surface area contributed by atoms with Crippen molar-refractivity contribution in [2.45, 2.75) is 25.7 Å². The predicted molar refractivity (Wildman–Crippen MR) is 62.8 cm³/mol. The third-order valence-corrected chi connectivity index (χ3v) is 2.35. The zero-order chi connectivity index (χ0) is 14.0. The van der Waals surface area contributed by atoms with E-state index in [2.05, 4.69) is 11.3 Å². The van der Waals surface area contributed by atoms with Crippen LogP contribution in [0.3, 0.4) is 0 Å². The third kappa shape index (κ3) is 7.43. The molecule has 0 aliphatic carbocycles. The number of methoxy groups -OCH3 is 1. The summed E-state index contributed by atoms with van der Waals surface area (Å²) in [6, 6.07) is 0. The van der Waals surface area contributed by atoms with E-state index in [1.807, 2.05) is 0 Å². The second-order valence-electron chi connectivity index (χ2n) is 3.68. The lowest BCUT2D eigenvalue weighted by molar-refractivity contribution is -0.150. The molecule has 0 spiro atoms. The highest BCUT2D eigenvalue weighted by molar-refractivity contribution is 5.81. The van der Waals surface area contributed by atoms with Gasteiger partial charge in [0.05, 0.1) is 26.1 Å². The Hall–Kier alpha value is -1.85. The lowest BCUT2D eigenvalue weighted by atomic mass is 9.99. The van der Waals surface area contributed by atoms with Gasteiger partial charge in [0.2, 0.25) is 0 Å². The number of carbonyl (C=O) groups is 3. The van der Waals surface area contributed by atoms with E-state index in [0.717, 1.165) is 6.08 Å². The van der Waals surface area contributed by atoms with Crippen LogP contribution in [0.4, 0.5) is 0 Å². The van der Waals surface area contributed by atoms with Gasteiger partial charge in [-0.05, 0) is 19.3 Å². The van der Waals surface area contributed by atoms with Crippen molar-refractivity contribution in [3.05, 3.63) is 12.7 Å². The third-order valence-electron chi connectivity index (χ3n) is 2.35. The molecule has 0 aromatic heterocycles. The molecule has 0 bridgehead atoms. The maximum absolute atomic E-state index is 11.0. The van der Waals surface area contributed by atoms with Crippen LogP contribution in [0, 0.1) is 5.92 Å². The summed E-state index contributed by atoms with van der Waals surface area (Å²) in [7, 11) is 1.22. The van der Waals surface area contributed by atoms with Crippen molar-refractivity contribution in [3.63, 3.8) is 0 Å². The van der Waals surface area contributed by atoms with E-state index in [0.29, 0.717) is 19.3 Å². The molecule has 0 heterocycles. The number of unbranched alkanes of at least 4 members (excludes halogenated alkanes) is 1. The molecule has 1 atom stereocenters. The summed E-state index contributed by atoms with van der Waals surface area (Å²) in [5, 5.41) is 8.89. The first-order chi connectivity index (χ1) is 8.51. The lowest BCUT2D eigenvalue weighted by Crippen LogP contribution is -2.19. The Morgan fingerprint density at radius 1 is 1.33 bits per heavy atom. The fourth-order valence-corrected chi connectivity index (χ4v) is 1.32. The van der Waals surface area contributed by atoms with Gasteiger partial charge in [0.1, 0.15) is 0 Å². The maximum atomic E-state index is 11.0. The van der Waals surface area contributed by atoms with Gasteiger partial charge < -0.3 is 14.6 Å². The van der Waals surface area contributed by atoms with Crippen molar-refractivity contribution in [1.82, 2.24) is 0 Å². The smallest absolute Gasteiger partial charge is 0.330 e. The highest BCUT2D eigenvalue weighted by atomic mass is 16.5. The molecule has 0 aromatic rings. The number of carboxylic acid groups (broad SMARTS) is 1. The average Bonchev–Trinajstić information content (AvgIpc) is 2.35. The molecule has 1 N–H and O–H groups in total. The van der Waals surface area contributed by atoms with E-state index in [1.165, 1.54) is 7.11 Å². The number of aliphatic carboxylic acids is 1. The van der Waals surface area contributed by atoms with E-state index < -0.39 is 23.8 Å². The summed E-state index contributed by atoms with van der Waals surface area (Å²) in [4.78, 5) is 32.5. The molecule has 0 fully saturated rings. The first kappa shape index (κ1) is 16.1. The van der Waals surface area contributed by atoms with Crippen LogP contribution in [0.25, 0.3) is 0 Å². The highest BCUT2D eigenvalue weighted by Crippen LogP contribution is 2.14. The van der Waals surface area contributed by atoms with Crippen molar-refractivity contribution in [2.24, 2.45) is 5.92 Å². The van der Waals surface area contributed by atoms with Crippen LogP contribution in [0.15, 0.2) is 12.7 Å². The van der Waals surface area contributed by atoms with Crippen molar-refractivity contribution in [2.75, 3.05) is 13.7 Å². The first-order valence-corrected chi connectivity index (χ1v) is 5.60. The second kappa shape index (κ2) is 9.21. The Bertz CT molecular complexity index is 310. The van der Waals surface area contributed by atoms with Gasteiger partial charge in [0.15, 0.2) is 0 Å². The van der Waals surface area contributed by atoms with Gasteiger partial charge in [0, 0.05) is 6.08 Å². The van der Waals surface area contributed by atoms with Crippen LogP contribution >= 0.6 is 0 Å². The highest BCUT2D eigenvalue weighted by Gasteiger charge is 2.21. The molecule has 0 radical (unpaired) electrons. The summed E-state index contributed by atoms with van der Waals surface area (Å²) in [5.41, 5.74) is 0. The summed E-state index contributed by atoms with van der Waals surface area (Å²) >= 11 is 0. The summed E-state index contributed by atoms with van der Waals surface area (Å²) in [6.45, 7) is 3.47. The Morgan fingerprint density at radius 2 is 2.00 bits per heavy atom. The van der Waals surface area contributed by atoms with E-state index in [-0.39, 0.29) is 13.0 Å². The average molecular weight is 258 g/mol. The van der Waals surface area contributed by atoms with Crippen molar-refractivity contribution < 1.29 is 29.0 Å². The lowest BCUT2D eigenvalue weighted by Gasteiger charge is -2.10. The van der Waals surface area contributed by atoms with Crippen molar-refractivity contribution in [1.29, 1.82) is 0 Å². The minimum absolute atomic E-state index is 0.141. The quantitative estimate of drug-likeness (QED) is 0.379. The number of ether oxygens (including phenoxy) is 2. The summed E-state index contributed by atoms with van der Waals surface area (Å²) < 4.78 is 9.16. The number of rotatable bonds is 9. The van der Waals surface area contributed by atoms with E-state index >= 15 is 0 Å². The fraction of sp³-hybridized carbons (Fsp3) is 0.583. The molecule has 0 rings (SSSR count). The van der Waals surface area contributed by atoms with Crippen LogP contribution in [-0.2, 0) is 23.9 Å². The van der Waals surface area contributed by atoms with Crippen LogP contribution in [0.1, 0.15) is 25.7 Å².